The van der Waals surface area contributed by atoms with Gasteiger partial charge in [-0.2, -0.15) is 10.5 Å². The normalized spacial score (nSPS) is 9.57. The first-order valence-electron chi connectivity index (χ1n) is 6.91. The number of halogens is 3. The van der Waals surface area contributed by atoms with E-state index in [-0.39, 0.29) is 0 Å². The molecule has 0 heterocycles. The smallest absolute Gasteiger partial charge is 0.100 e. The second-order valence-electron chi connectivity index (χ2n) is 5.25. The first-order chi connectivity index (χ1) is 10.9. The summed E-state index contributed by atoms with van der Waals surface area (Å²) in [5.41, 5.74) is 2.64. The Balaban J connectivity index is 0.000000238. The first kappa shape index (κ1) is 20.2. The van der Waals surface area contributed by atoms with E-state index < -0.39 is 0 Å². The van der Waals surface area contributed by atoms with Crippen LogP contribution in [0.2, 0.25) is 0 Å². The van der Waals surface area contributed by atoms with Crippen LogP contribution >= 0.6 is 54.5 Å². The van der Waals surface area contributed by atoms with Gasteiger partial charge in [-0.15, -0.1) is 0 Å². The molecule has 5 heteroatoms. The van der Waals surface area contributed by atoms with Crippen LogP contribution in [-0.2, 0) is 6.42 Å². The molecule has 0 saturated heterocycles. The average molecular weight is 546 g/mol. The van der Waals surface area contributed by atoms with Gasteiger partial charge in [-0.1, -0.05) is 51.8 Å². The predicted octanol–water partition coefficient (Wildman–Crippen LogP) is 6.44. The molecular weight excluding hydrogens is 531 g/mol. The van der Waals surface area contributed by atoms with Gasteiger partial charge in [-0.05, 0) is 70.8 Å². The third-order valence-corrected chi connectivity index (χ3v) is 4.80. The highest BCUT2D eigenvalue weighted by Crippen LogP contribution is 2.19. The number of rotatable bonds is 2. The van der Waals surface area contributed by atoms with Crippen LogP contribution in [0.15, 0.2) is 45.3 Å². The average Bonchev–Trinajstić information content (AvgIpc) is 2.51. The molecule has 0 aliphatic heterocycles. The Kier molecular flexibility index (Phi) is 8.83. The summed E-state index contributed by atoms with van der Waals surface area (Å²) in [4.78, 5) is 0. The number of nitriles is 2. The third-order valence-electron chi connectivity index (χ3n) is 2.87. The third kappa shape index (κ3) is 7.03. The molecule has 0 aliphatic carbocycles. The molecule has 0 aromatic heterocycles. The summed E-state index contributed by atoms with van der Waals surface area (Å²) >= 11 is 8.77. The van der Waals surface area contributed by atoms with E-state index in [1.165, 1.54) is 0 Å². The van der Waals surface area contributed by atoms with Gasteiger partial charge in [0.25, 0.3) is 0 Å². The minimum Gasteiger partial charge on any atom is -0.192 e. The SMILES string of the molecule is CC(C)Cc1ccc(Br)cc1C#N.N#Cc1cc(Br)ccc1I. The summed E-state index contributed by atoms with van der Waals surface area (Å²) in [6.07, 6.45) is 0.968. The van der Waals surface area contributed by atoms with Gasteiger partial charge in [-0.25, -0.2) is 0 Å². The summed E-state index contributed by atoms with van der Waals surface area (Å²) in [6, 6.07) is 15.8. The molecule has 118 valence electrons. The largest absolute Gasteiger partial charge is 0.192 e. The van der Waals surface area contributed by atoms with Crippen molar-refractivity contribution < 1.29 is 0 Å². The molecule has 2 nitrogen and oxygen atoms in total. The fourth-order valence-electron chi connectivity index (χ4n) is 1.85. The monoisotopic (exact) mass is 544 g/mol. The van der Waals surface area contributed by atoms with Gasteiger partial charge >= 0.3 is 0 Å². The zero-order chi connectivity index (χ0) is 17.4. The van der Waals surface area contributed by atoms with E-state index >= 15 is 0 Å². The Hall–Kier alpha value is -0.890. The lowest BCUT2D eigenvalue weighted by Crippen LogP contribution is -1.96. The molecule has 0 N–H and O–H groups in total. The minimum absolute atomic E-state index is 0.591. The Morgan fingerprint density at radius 3 is 1.96 bits per heavy atom. The van der Waals surface area contributed by atoms with Gasteiger partial charge in [-0.3, -0.25) is 0 Å². The molecule has 0 radical (unpaired) electrons. The van der Waals surface area contributed by atoms with Gasteiger partial charge in [0.05, 0.1) is 17.2 Å². The number of hydrogen-bond donors (Lipinski definition) is 0. The van der Waals surface area contributed by atoms with Crippen LogP contribution in [0, 0.1) is 32.2 Å². The summed E-state index contributed by atoms with van der Waals surface area (Å²) in [6.45, 7) is 4.31. The molecule has 0 atom stereocenters. The van der Waals surface area contributed by atoms with Crippen LogP contribution in [-0.4, -0.2) is 0 Å². The molecule has 23 heavy (non-hydrogen) atoms. The lowest BCUT2D eigenvalue weighted by molar-refractivity contribution is 0.646. The van der Waals surface area contributed by atoms with Crippen molar-refractivity contribution in [2.75, 3.05) is 0 Å². The van der Waals surface area contributed by atoms with E-state index in [0.29, 0.717) is 5.92 Å². The van der Waals surface area contributed by atoms with Crippen LogP contribution in [0.25, 0.3) is 0 Å². The minimum atomic E-state index is 0.591. The number of nitrogens with zero attached hydrogens (tertiary/aromatic N) is 2. The molecule has 2 aromatic rings. The van der Waals surface area contributed by atoms with Crippen molar-refractivity contribution in [3.05, 3.63) is 65.6 Å². The molecule has 0 spiro atoms. The van der Waals surface area contributed by atoms with Gasteiger partial charge in [0, 0.05) is 12.5 Å². The maximum atomic E-state index is 8.88. The highest BCUT2D eigenvalue weighted by molar-refractivity contribution is 14.1. The fraction of sp³-hybridized carbons (Fsp3) is 0.222. The molecule has 2 aromatic carbocycles. The van der Waals surface area contributed by atoms with Gasteiger partial charge in [0.15, 0.2) is 0 Å². The topological polar surface area (TPSA) is 47.6 Å². The predicted molar refractivity (Wildman–Crippen MR) is 109 cm³/mol. The fourth-order valence-corrected chi connectivity index (χ4v) is 3.03. The van der Waals surface area contributed by atoms with Crippen molar-refractivity contribution >= 4 is 54.5 Å². The van der Waals surface area contributed by atoms with Crippen molar-refractivity contribution in [2.45, 2.75) is 20.3 Å². The van der Waals surface area contributed by atoms with E-state index in [1.807, 2.05) is 36.4 Å². The van der Waals surface area contributed by atoms with Crippen molar-refractivity contribution in [1.82, 2.24) is 0 Å². The lowest BCUT2D eigenvalue weighted by atomic mass is 9.99. The van der Waals surface area contributed by atoms with Crippen LogP contribution < -0.4 is 0 Å². The van der Waals surface area contributed by atoms with Crippen molar-refractivity contribution in [2.24, 2.45) is 5.92 Å². The molecule has 0 aliphatic rings. The maximum Gasteiger partial charge on any atom is 0.100 e. The number of benzene rings is 2. The van der Waals surface area contributed by atoms with Crippen LogP contribution in [0.4, 0.5) is 0 Å². The van der Waals surface area contributed by atoms with Crippen LogP contribution in [0.3, 0.4) is 0 Å². The molecule has 0 bridgehead atoms. The number of hydrogen-bond acceptors (Lipinski definition) is 2. The standard InChI is InChI=1S/C11H12BrN.C7H3BrIN/c1-8(2)5-9-3-4-11(12)6-10(9)7-13;8-6-1-2-7(9)5(3-6)4-10/h3-4,6,8H,5H2,1-2H3;1-3H. The highest BCUT2D eigenvalue weighted by atomic mass is 127. The van der Waals surface area contributed by atoms with E-state index in [2.05, 4.69) is 80.4 Å². The summed E-state index contributed by atoms with van der Waals surface area (Å²) in [5.74, 6) is 0.591. The molecule has 0 fully saturated rings. The van der Waals surface area contributed by atoms with Crippen LogP contribution in [0.5, 0.6) is 0 Å². The summed E-state index contributed by atoms with van der Waals surface area (Å²) in [7, 11) is 0. The second kappa shape index (κ2) is 10.1. The van der Waals surface area contributed by atoms with Gasteiger partial charge in [0.2, 0.25) is 0 Å². The van der Waals surface area contributed by atoms with E-state index in [4.69, 9.17) is 10.5 Å². The Morgan fingerprint density at radius 1 is 0.957 bits per heavy atom. The molecule has 0 saturated carbocycles. The Labute approximate surface area is 167 Å². The van der Waals surface area contributed by atoms with Crippen molar-refractivity contribution in [3.8, 4) is 12.1 Å². The molecule has 0 amide bonds. The lowest BCUT2D eigenvalue weighted by Gasteiger charge is -2.06. The first-order valence-corrected chi connectivity index (χ1v) is 9.57. The van der Waals surface area contributed by atoms with E-state index in [1.54, 1.807) is 0 Å². The van der Waals surface area contributed by atoms with Crippen molar-refractivity contribution in [3.63, 3.8) is 0 Å². The molecule has 2 rings (SSSR count). The summed E-state index contributed by atoms with van der Waals surface area (Å²) in [5, 5.41) is 17.5. The van der Waals surface area contributed by atoms with Crippen molar-refractivity contribution in [1.29, 1.82) is 10.5 Å². The van der Waals surface area contributed by atoms with E-state index in [9.17, 15) is 0 Å². The Bertz CT molecular complexity index is 759. The zero-order valence-electron chi connectivity index (χ0n) is 12.8. The summed E-state index contributed by atoms with van der Waals surface area (Å²) < 4.78 is 2.91. The highest BCUT2D eigenvalue weighted by Gasteiger charge is 2.04. The Morgan fingerprint density at radius 2 is 1.48 bits per heavy atom. The van der Waals surface area contributed by atoms with Crippen LogP contribution in [0.1, 0.15) is 30.5 Å². The van der Waals surface area contributed by atoms with Gasteiger partial charge < -0.3 is 0 Å². The maximum absolute atomic E-state index is 8.88. The quantitative estimate of drug-likeness (QED) is 0.407. The molecule has 0 unspecified atom stereocenters. The second-order valence-corrected chi connectivity index (χ2v) is 8.24. The van der Waals surface area contributed by atoms with E-state index in [0.717, 1.165) is 35.6 Å². The molecular formula is C18H15Br2IN2. The van der Waals surface area contributed by atoms with Gasteiger partial charge in [0.1, 0.15) is 6.07 Å². The zero-order valence-corrected chi connectivity index (χ0v) is 18.1.